The molecule has 1 amide bonds. The number of amides is 1. The van der Waals surface area contributed by atoms with Crippen LogP contribution in [0.3, 0.4) is 0 Å². The van der Waals surface area contributed by atoms with Crippen LogP contribution >= 0.6 is 22.6 Å². The Balaban J connectivity index is 1.78. The average Bonchev–Trinajstić information content (AvgIpc) is 2.63. The molecule has 1 aromatic rings. The first-order chi connectivity index (χ1) is 12.1. The molecule has 0 unspecified atom stereocenters. The van der Waals surface area contributed by atoms with Gasteiger partial charge in [-0.1, -0.05) is 6.07 Å². The molecule has 0 fully saturated rings. The van der Waals surface area contributed by atoms with Gasteiger partial charge in [0, 0.05) is 13.1 Å². The first kappa shape index (κ1) is 18.4. The van der Waals surface area contributed by atoms with E-state index in [1.807, 2.05) is 25.1 Å². The van der Waals surface area contributed by atoms with Gasteiger partial charge in [0.05, 0.1) is 17.3 Å². The molecule has 1 aliphatic heterocycles. The van der Waals surface area contributed by atoms with Gasteiger partial charge in [-0.2, -0.15) is 0 Å². The van der Waals surface area contributed by atoms with Crippen LogP contribution < -0.4 is 9.47 Å². The number of carbonyl (C=O) groups is 1. The van der Waals surface area contributed by atoms with Crippen molar-refractivity contribution in [3.8, 4) is 11.5 Å². The van der Waals surface area contributed by atoms with E-state index in [4.69, 9.17) is 14.2 Å². The van der Waals surface area contributed by atoms with E-state index in [0.717, 1.165) is 40.8 Å². The Hall–Kier alpha value is -1.44. The van der Waals surface area contributed by atoms with Gasteiger partial charge >= 0.3 is 6.09 Å². The van der Waals surface area contributed by atoms with Crippen molar-refractivity contribution in [1.29, 1.82) is 0 Å². The van der Waals surface area contributed by atoms with E-state index in [1.54, 1.807) is 12.0 Å². The minimum atomic E-state index is -0.212. The van der Waals surface area contributed by atoms with Crippen molar-refractivity contribution in [2.45, 2.75) is 38.7 Å². The third-order valence-corrected chi connectivity index (χ3v) is 5.61. The van der Waals surface area contributed by atoms with E-state index in [9.17, 15) is 4.79 Å². The lowest BCUT2D eigenvalue weighted by atomic mass is 9.85. The van der Waals surface area contributed by atoms with Gasteiger partial charge in [0.2, 0.25) is 0 Å². The lowest BCUT2D eigenvalue weighted by Crippen LogP contribution is -2.41. The van der Waals surface area contributed by atoms with E-state index >= 15 is 0 Å². The highest BCUT2D eigenvalue weighted by atomic mass is 127. The molecule has 1 aromatic carbocycles. The van der Waals surface area contributed by atoms with E-state index in [2.05, 4.69) is 22.6 Å². The van der Waals surface area contributed by atoms with E-state index in [1.165, 1.54) is 11.1 Å². The lowest BCUT2D eigenvalue weighted by molar-refractivity contribution is 0.104. The number of rotatable bonds is 4. The SMILES string of the molecule is CCOC(=O)N1CCC2=C(CCC[C@@H]2Oc2c(I)cccc2OC)C1. The first-order valence-electron chi connectivity index (χ1n) is 8.75. The molecule has 0 saturated carbocycles. The highest BCUT2D eigenvalue weighted by Gasteiger charge is 2.32. The summed E-state index contributed by atoms with van der Waals surface area (Å²) in [5, 5.41) is 0. The number of hydrogen-bond donors (Lipinski definition) is 0. The fourth-order valence-electron chi connectivity index (χ4n) is 3.55. The van der Waals surface area contributed by atoms with Crippen LogP contribution in [0.25, 0.3) is 0 Å². The Labute approximate surface area is 162 Å². The second kappa shape index (κ2) is 8.29. The standard InChI is InChI=1S/C19H24INO4/c1-3-24-19(22)21-11-10-14-13(12-21)6-4-8-16(14)25-18-15(20)7-5-9-17(18)23-2/h5,7,9,16H,3-4,6,8,10-12H2,1-2H3/t16-/m0/s1. The molecule has 0 spiro atoms. The lowest BCUT2D eigenvalue weighted by Gasteiger charge is -2.36. The Morgan fingerprint density at radius 3 is 2.96 bits per heavy atom. The van der Waals surface area contributed by atoms with Crippen molar-refractivity contribution in [2.24, 2.45) is 0 Å². The molecule has 6 heteroatoms. The molecule has 0 aromatic heterocycles. The minimum absolute atomic E-state index is 0.0675. The number of hydrogen-bond acceptors (Lipinski definition) is 4. The van der Waals surface area contributed by atoms with Gasteiger partial charge < -0.3 is 19.1 Å². The van der Waals surface area contributed by atoms with E-state index < -0.39 is 0 Å². The molecule has 5 nitrogen and oxygen atoms in total. The van der Waals surface area contributed by atoms with Crippen LogP contribution in [0.4, 0.5) is 4.79 Å². The van der Waals surface area contributed by atoms with Crippen molar-refractivity contribution in [2.75, 3.05) is 26.8 Å². The summed E-state index contributed by atoms with van der Waals surface area (Å²) in [5.74, 6) is 1.58. The molecular formula is C19H24INO4. The fraction of sp³-hybridized carbons (Fsp3) is 0.526. The number of nitrogens with zero attached hydrogens (tertiary/aromatic N) is 1. The molecule has 0 saturated heterocycles. The van der Waals surface area contributed by atoms with Crippen molar-refractivity contribution >= 4 is 28.7 Å². The highest BCUT2D eigenvalue weighted by Crippen LogP contribution is 2.38. The highest BCUT2D eigenvalue weighted by molar-refractivity contribution is 14.1. The van der Waals surface area contributed by atoms with Crippen molar-refractivity contribution in [3.05, 3.63) is 32.9 Å². The molecule has 136 valence electrons. The summed E-state index contributed by atoms with van der Waals surface area (Å²) < 4.78 is 18.1. The van der Waals surface area contributed by atoms with Crippen LogP contribution in [0.15, 0.2) is 29.3 Å². The van der Waals surface area contributed by atoms with Gasteiger partial charge in [-0.25, -0.2) is 4.79 Å². The maximum atomic E-state index is 12.0. The van der Waals surface area contributed by atoms with Gasteiger partial charge in [0.1, 0.15) is 6.10 Å². The zero-order chi connectivity index (χ0) is 17.8. The van der Waals surface area contributed by atoms with Gasteiger partial charge in [-0.05, 0) is 78.5 Å². The number of methoxy groups -OCH3 is 1. The smallest absolute Gasteiger partial charge is 0.410 e. The molecule has 0 bridgehead atoms. The predicted octanol–water partition coefficient (Wildman–Crippen LogP) is 4.39. The van der Waals surface area contributed by atoms with Gasteiger partial charge in [0.15, 0.2) is 11.5 Å². The van der Waals surface area contributed by atoms with Crippen molar-refractivity contribution in [3.63, 3.8) is 0 Å². The van der Waals surface area contributed by atoms with Crippen LogP contribution in [-0.4, -0.2) is 43.9 Å². The third-order valence-electron chi connectivity index (χ3n) is 4.76. The summed E-state index contributed by atoms with van der Waals surface area (Å²) in [6, 6.07) is 5.93. The quantitative estimate of drug-likeness (QED) is 0.497. The summed E-state index contributed by atoms with van der Waals surface area (Å²) in [7, 11) is 1.67. The Bertz CT molecular complexity index is 673. The van der Waals surface area contributed by atoms with Crippen LogP contribution in [0.1, 0.15) is 32.6 Å². The minimum Gasteiger partial charge on any atom is -0.493 e. The molecule has 1 aliphatic carbocycles. The predicted molar refractivity (Wildman–Crippen MR) is 104 cm³/mol. The maximum Gasteiger partial charge on any atom is 0.410 e. The summed E-state index contributed by atoms with van der Waals surface area (Å²) >= 11 is 2.28. The first-order valence-corrected chi connectivity index (χ1v) is 9.83. The summed E-state index contributed by atoms with van der Waals surface area (Å²) in [5.41, 5.74) is 2.69. The molecular weight excluding hydrogens is 433 g/mol. The number of para-hydroxylation sites is 1. The molecule has 1 heterocycles. The average molecular weight is 457 g/mol. The number of benzene rings is 1. The fourth-order valence-corrected chi connectivity index (χ4v) is 4.15. The Morgan fingerprint density at radius 1 is 1.36 bits per heavy atom. The molecule has 2 aliphatic rings. The van der Waals surface area contributed by atoms with Crippen LogP contribution in [0.5, 0.6) is 11.5 Å². The molecule has 25 heavy (non-hydrogen) atoms. The molecule has 1 atom stereocenters. The van der Waals surface area contributed by atoms with Crippen LogP contribution in [-0.2, 0) is 4.74 Å². The normalized spacial score (nSPS) is 20.1. The second-order valence-corrected chi connectivity index (χ2v) is 7.43. The van der Waals surface area contributed by atoms with Crippen LogP contribution in [0.2, 0.25) is 0 Å². The monoisotopic (exact) mass is 457 g/mol. The van der Waals surface area contributed by atoms with Gasteiger partial charge in [0.25, 0.3) is 0 Å². The van der Waals surface area contributed by atoms with Gasteiger partial charge in [-0.15, -0.1) is 0 Å². The number of halogens is 1. The number of carbonyl (C=O) groups excluding carboxylic acids is 1. The summed E-state index contributed by atoms with van der Waals surface area (Å²) in [4.78, 5) is 13.8. The van der Waals surface area contributed by atoms with Crippen LogP contribution in [0, 0.1) is 3.57 Å². The summed E-state index contributed by atoms with van der Waals surface area (Å²) in [6.45, 7) is 3.61. The zero-order valence-electron chi connectivity index (χ0n) is 14.7. The molecule has 0 radical (unpaired) electrons. The number of ether oxygens (including phenoxy) is 3. The zero-order valence-corrected chi connectivity index (χ0v) is 16.9. The van der Waals surface area contributed by atoms with E-state index in [-0.39, 0.29) is 12.2 Å². The van der Waals surface area contributed by atoms with Gasteiger partial charge in [-0.3, -0.25) is 0 Å². The second-order valence-electron chi connectivity index (χ2n) is 6.27. The van der Waals surface area contributed by atoms with Crippen molar-refractivity contribution in [1.82, 2.24) is 4.90 Å². The van der Waals surface area contributed by atoms with Crippen molar-refractivity contribution < 1.29 is 19.0 Å². The maximum absolute atomic E-state index is 12.0. The third kappa shape index (κ3) is 4.04. The topological polar surface area (TPSA) is 48.0 Å². The summed E-state index contributed by atoms with van der Waals surface area (Å²) in [6.07, 6.45) is 3.82. The Kier molecular flexibility index (Phi) is 6.09. The molecule has 3 rings (SSSR count). The molecule has 0 N–H and O–H groups in total. The Morgan fingerprint density at radius 2 is 2.20 bits per heavy atom. The van der Waals surface area contributed by atoms with E-state index in [0.29, 0.717) is 19.7 Å². The largest absolute Gasteiger partial charge is 0.493 e.